The van der Waals surface area contributed by atoms with Crippen molar-refractivity contribution in [1.82, 2.24) is 15.3 Å². The fourth-order valence-corrected chi connectivity index (χ4v) is 2.66. The monoisotopic (exact) mass is 432 g/mol. The van der Waals surface area contributed by atoms with Crippen LogP contribution in [0.5, 0.6) is 5.88 Å². The molecule has 2 aromatic heterocycles. The number of amides is 2. The predicted molar refractivity (Wildman–Crippen MR) is 113 cm³/mol. The van der Waals surface area contributed by atoms with Gasteiger partial charge in [-0.2, -0.15) is 8.78 Å². The van der Waals surface area contributed by atoms with Crippen LogP contribution in [0.1, 0.15) is 54.0 Å². The molecule has 0 saturated heterocycles. The Morgan fingerprint density at radius 1 is 1.23 bits per heavy atom. The highest BCUT2D eigenvalue weighted by Gasteiger charge is 2.31. The number of nitrogens with one attached hydrogen (secondary N) is 2. The van der Waals surface area contributed by atoms with Crippen LogP contribution >= 0.6 is 0 Å². The van der Waals surface area contributed by atoms with Crippen molar-refractivity contribution in [3.8, 4) is 5.88 Å². The molecule has 0 aromatic carbocycles. The average molecular weight is 432 g/mol. The van der Waals surface area contributed by atoms with E-state index in [9.17, 15) is 18.4 Å². The van der Waals surface area contributed by atoms with E-state index in [0.29, 0.717) is 22.4 Å². The molecule has 0 spiro atoms. The Labute approximate surface area is 179 Å². The number of anilines is 1. The number of hydrogen-bond donors (Lipinski definition) is 2. The summed E-state index contributed by atoms with van der Waals surface area (Å²) in [5.41, 5.74) is 1.87. The van der Waals surface area contributed by atoms with Crippen LogP contribution in [-0.2, 0) is 4.79 Å². The van der Waals surface area contributed by atoms with Crippen molar-refractivity contribution in [2.24, 2.45) is 0 Å². The summed E-state index contributed by atoms with van der Waals surface area (Å²) < 4.78 is 32.5. The van der Waals surface area contributed by atoms with Crippen molar-refractivity contribution in [1.29, 1.82) is 0 Å². The predicted octanol–water partition coefficient (Wildman–Crippen LogP) is 4.13. The van der Waals surface area contributed by atoms with Crippen LogP contribution in [0.15, 0.2) is 36.5 Å². The Hall–Kier alpha value is -3.36. The van der Waals surface area contributed by atoms with Gasteiger partial charge in [-0.3, -0.25) is 9.59 Å². The molecule has 0 bridgehead atoms. The van der Waals surface area contributed by atoms with Crippen LogP contribution in [0.25, 0.3) is 0 Å². The van der Waals surface area contributed by atoms with E-state index < -0.39 is 18.6 Å². The Morgan fingerprint density at radius 3 is 2.48 bits per heavy atom. The molecule has 31 heavy (non-hydrogen) atoms. The Bertz CT molecular complexity index is 1010. The number of aromatic nitrogens is 2. The number of nitrogens with zero attached hydrogens (tertiary/aromatic N) is 2. The zero-order chi connectivity index (χ0) is 23.3. The van der Waals surface area contributed by atoms with Crippen LogP contribution in [-0.4, -0.2) is 34.3 Å². The molecule has 0 fully saturated rings. The maximum absolute atomic E-state index is 13.7. The van der Waals surface area contributed by atoms with Crippen molar-refractivity contribution in [2.45, 2.75) is 46.6 Å². The largest absolute Gasteiger partial charge is 0.471 e. The lowest BCUT2D eigenvalue weighted by Gasteiger charge is -2.19. The van der Waals surface area contributed by atoms with Crippen LogP contribution in [0.4, 0.5) is 14.6 Å². The van der Waals surface area contributed by atoms with Crippen molar-refractivity contribution in [3.63, 3.8) is 0 Å². The van der Waals surface area contributed by atoms with Gasteiger partial charge in [-0.1, -0.05) is 6.58 Å². The maximum atomic E-state index is 13.7. The van der Waals surface area contributed by atoms with Gasteiger partial charge in [-0.05, 0) is 57.0 Å². The quantitative estimate of drug-likeness (QED) is 0.612. The fourth-order valence-electron chi connectivity index (χ4n) is 2.66. The molecule has 2 heterocycles. The van der Waals surface area contributed by atoms with Crippen LogP contribution < -0.4 is 15.4 Å². The number of carbonyl (C=O) groups is 2. The van der Waals surface area contributed by atoms with E-state index in [0.717, 1.165) is 0 Å². The summed E-state index contributed by atoms with van der Waals surface area (Å²) in [4.78, 5) is 32.2. The lowest BCUT2D eigenvalue weighted by molar-refractivity contribution is -0.114. The van der Waals surface area contributed by atoms with Gasteiger partial charge in [0.2, 0.25) is 11.8 Å². The van der Waals surface area contributed by atoms with Crippen molar-refractivity contribution in [3.05, 3.63) is 58.9 Å². The highest BCUT2D eigenvalue weighted by molar-refractivity contribution is 5.96. The van der Waals surface area contributed by atoms with E-state index in [1.54, 1.807) is 32.9 Å². The summed E-state index contributed by atoms with van der Waals surface area (Å²) in [5.74, 6) is -3.41. The number of hydrogen-bond acceptors (Lipinski definition) is 5. The van der Waals surface area contributed by atoms with E-state index >= 15 is 0 Å². The fraction of sp³-hybridized carbons (Fsp3) is 0.364. The average Bonchev–Trinajstić information content (AvgIpc) is 2.65. The number of pyridine rings is 2. The van der Waals surface area contributed by atoms with E-state index in [1.165, 1.54) is 26.1 Å². The Kier molecular flexibility index (Phi) is 7.43. The third kappa shape index (κ3) is 6.56. The van der Waals surface area contributed by atoms with E-state index in [1.807, 2.05) is 0 Å². The first kappa shape index (κ1) is 23.9. The van der Waals surface area contributed by atoms with Gasteiger partial charge in [0.15, 0.2) is 6.61 Å². The molecular weight excluding hydrogens is 406 g/mol. The van der Waals surface area contributed by atoms with Crippen LogP contribution in [0.2, 0.25) is 0 Å². The second kappa shape index (κ2) is 9.63. The maximum Gasteiger partial charge on any atom is 0.302 e. The second-order valence-corrected chi connectivity index (χ2v) is 7.42. The standard InChI is InChI=1S/C22H26F2N4O3/c1-12(2)22(23,24)11-31-21-13(3)7-18(10-25-21)15(5)27-20(30)17-8-14(4)26-19(9-17)28-16(6)29/h7-10,15H,1,11H2,2-6H3,(H,27,30)(H,26,28,29). The van der Waals surface area contributed by atoms with Crippen molar-refractivity contribution in [2.75, 3.05) is 11.9 Å². The number of aryl methyl sites for hydroxylation is 2. The molecule has 2 N–H and O–H groups in total. The molecule has 1 unspecified atom stereocenters. The summed E-state index contributed by atoms with van der Waals surface area (Å²) in [5, 5.41) is 5.40. The number of halogens is 2. The van der Waals surface area contributed by atoms with Gasteiger partial charge in [-0.25, -0.2) is 9.97 Å². The Morgan fingerprint density at radius 2 is 1.90 bits per heavy atom. The molecule has 166 valence electrons. The molecule has 2 aromatic rings. The van der Waals surface area contributed by atoms with E-state index in [4.69, 9.17) is 4.74 Å². The normalized spacial score (nSPS) is 12.1. The zero-order valence-electron chi connectivity index (χ0n) is 18.2. The number of alkyl halides is 2. The number of ether oxygens (including phenoxy) is 1. The first-order valence-corrected chi connectivity index (χ1v) is 9.59. The van der Waals surface area contributed by atoms with Gasteiger partial charge in [0.1, 0.15) is 5.82 Å². The van der Waals surface area contributed by atoms with Gasteiger partial charge >= 0.3 is 5.92 Å². The second-order valence-electron chi connectivity index (χ2n) is 7.42. The molecule has 0 aliphatic rings. The SMILES string of the molecule is C=C(C)C(F)(F)COc1ncc(C(C)NC(=O)c2cc(C)nc(NC(C)=O)c2)cc1C. The number of carbonyl (C=O) groups excluding carboxylic acids is 2. The summed E-state index contributed by atoms with van der Waals surface area (Å²) in [6.45, 7) is 10.2. The minimum atomic E-state index is -3.15. The highest BCUT2D eigenvalue weighted by Crippen LogP contribution is 2.25. The third-order valence-electron chi connectivity index (χ3n) is 4.43. The third-order valence-corrected chi connectivity index (χ3v) is 4.43. The molecular formula is C22H26F2N4O3. The molecule has 1 atom stereocenters. The first-order chi connectivity index (χ1) is 14.4. The molecule has 2 amide bonds. The van der Waals surface area contributed by atoms with Crippen LogP contribution in [0.3, 0.4) is 0 Å². The molecule has 2 rings (SSSR count). The van der Waals surface area contributed by atoms with Gasteiger partial charge in [0.25, 0.3) is 5.91 Å². The summed E-state index contributed by atoms with van der Waals surface area (Å²) in [6, 6.07) is 4.39. The van der Waals surface area contributed by atoms with Gasteiger partial charge in [0.05, 0.1) is 6.04 Å². The molecule has 0 aliphatic carbocycles. The molecule has 7 nitrogen and oxygen atoms in total. The van der Waals surface area contributed by atoms with Crippen molar-refractivity contribution < 1.29 is 23.1 Å². The minimum absolute atomic E-state index is 0.0907. The minimum Gasteiger partial charge on any atom is -0.471 e. The highest BCUT2D eigenvalue weighted by atomic mass is 19.3. The lowest BCUT2D eigenvalue weighted by atomic mass is 10.1. The van der Waals surface area contributed by atoms with Crippen molar-refractivity contribution >= 4 is 17.6 Å². The molecule has 0 radical (unpaired) electrons. The smallest absolute Gasteiger partial charge is 0.302 e. The Balaban J connectivity index is 2.10. The van der Waals surface area contributed by atoms with E-state index in [-0.39, 0.29) is 29.1 Å². The van der Waals surface area contributed by atoms with Gasteiger partial charge in [0, 0.05) is 29.9 Å². The summed E-state index contributed by atoms with van der Waals surface area (Å²) >= 11 is 0. The zero-order valence-corrected chi connectivity index (χ0v) is 18.2. The first-order valence-electron chi connectivity index (χ1n) is 9.59. The summed E-state index contributed by atoms with van der Waals surface area (Å²) in [7, 11) is 0. The summed E-state index contributed by atoms with van der Waals surface area (Å²) in [6.07, 6.45) is 1.47. The van der Waals surface area contributed by atoms with E-state index in [2.05, 4.69) is 27.2 Å². The van der Waals surface area contributed by atoms with Gasteiger partial charge < -0.3 is 15.4 Å². The lowest BCUT2D eigenvalue weighted by Crippen LogP contribution is -2.28. The molecule has 0 aliphatic heterocycles. The number of rotatable bonds is 8. The topological polar surface area (TPSA) is 93.2 Å². The molecule has 9 heteroatoms. The molecule has 0 saturated carbocycles. The van der Waals surface area contributed by atoms with Gasteiger partial charge in [-0.15, -0.1) is 0 Å². The van der Waals surface area contributed by atoms with Crippen LogP contribution in [0, 0.1) is 13.8 Å².